The number of carbonyl (C=O) groups is 1. The Labute approximate surface area is 88.3 Å². The summed E-state index contributed by atoms with van der Waals surface area (Å²) in [5, 5.41) is 9.52. The molecule has 0 bridgehead atoms. The van der Waals surface area contributed by atoms with Crippen LogP contribution in [0, 0.1) is 0 Å². The standard InChI is InChI=1S/C11H14O2S/c1-8(12)3-4-9-7-10(14-2)5-6-11(9)13/h5-7,13H,3-4H2,1-2H3. The first-order valence-electron chi connectivity index (χ1n) is 4.49. The molecule has 0 saturated heterocycles. The highest BCUT2D eigenvalue weighted by Gasteiger charge is 2.03. The Bertz CT molecular complexity index is 334. The Morgan fingerprint density at radius 1 is 1.50 bits per heavy atom. The smallest absolute Gasteiger partial charge is 0.130 e. The number of aryl methyl sites for hydroxylation is 1. The maximum absolute atomic E-state index is 10.8. The lowest BCUT2D eigenvalue weighted by Gasteiger charge is -2.05. The summed E-state index contributed by atoms with van der Waals surface area (Å²) in [6, 6.07) is 5.49. The normalized spacial score (nSPS) is 10.1. The molecule has 0 atom stereocenters. The summed E-state index contributed by atoms with van der Waals surface area (Å²) in [4.78, 5) is 11.9. The molecule has 0 radical (unpaired) electrons. The van der Waals surface area contributed by atoms with E-state index in [1.807, 2.05) is 18.4 Å². The van der Waals surface area contributed by atoms with Crippen LogP contribution in [-0.2, 0) is 11.2 Å². The van der Waals surface area contributed by atoms with Gasteiger partial charge in [0, 0.05) is 11.3 Å². The predicted octanol–water partition coefficient (Wildman–Crippen LogP) is 2.64. The second kappa shape index (κ2) is 5.05. The first-order chi connectivity index (χ1) is 6.63. The van der Waals surface area contributed by atoms with Gasteiger partial charge in [-0.1, -0.05) is 0 Å². The van der Waals surface area contributed by atoms with Crippen molar-refractivity contribution >= 4 is 17.5 Å². The van der Waals surface area contributed by atoms with E-state index in [-0.39, 0.29) is 11.5 Å². The van der Waals surface area contributed by atoms with E-state index in [4.69, 9.17) is 0 Å². The van der Waals surface area contributed by atoms with Crippen molar-refractivity contribution in [3.63, 3.8) is 0 Å². The maximum Gasteiger partial charge on any atom is 0.130 e. The van der Waals surface area contributed by atoms with Gasteiger partial charge in [-0.25, -0.2) is 0 Å². The molecule has 76 valence electrons. The molecule has 1 aromatic rings. The van der Waals surface area contributed by atoms with Gasteiger partial charge in [-0.2, -0.15) is 0 Å². The van der Waals surface area contributed by atoms with Crippen LogP contribution in [0.5, 0.6) is 5.75 Å². The minimum Gasteiger partial charge on any atom is -0.508 e. The first kappa shape index (κ1) is 11.1. The van der Waals surface area contributed by atoms with E-state index in [0.717, 1.165) is 10.5 Å². The van der Waals surface area contributed by atoms with Gasteiger partial charge in [0.2, 0.25) is 0 Å². The van der Waals surface area contributed by atoms with Crippen LogP contribution in [0.1, 0.15) is 18.9 Å². The topological polar surface area (TPSA) is 37.3 Å². The molecule has 0 saturated carbocycles. The fraction of sp³-hybridized carbons (Fsp3) is 0.364. The van der Waals surface area contributed by atoms with Crippen LogP contribution in [0.3, 0.4) is 0 Å². The molecule has 1 rings (SSSR count). The number of hydrogen-bond donors (Lipinski definition) is 1. The van der Waals surface area contributed by atoms with E-state index in [2.05, 4.69) is 0 Å². The van der Waals surface area contributed by atoms with Gasteiger partial charge in [0.25, 0.3) is 0 Å². The monoisotopic (exact) mass is 210 g/mol. The van der Waals surface area contributed by atoms with Crippen molar-refractivity contribution < 1.29 is 9.90 Å². The highest BCUT2D eigenvalue weighted by atomic mass is 32.2. The van der Waals surface area contributed by atoms with Crippen molar-refractivity contribution in [2.24, 2.45) is 0 Å². The maximum atomic E-state index is 10.8. The third-order valence-corrected chi connectivity index (χ3v) is 2.76. The van der Waals surface area contributed by atoms with Gasteiger partial charge in [-0.05, 0) is 43.4 Å². The number of aromatic hydroxyl groups is 1. The van der Waals surface area contributed by atoms with E-state index in [1.165, 1.54) is 0 Å². The molecule has 2 nitrogen and oxygen atoms in total. The van der Waals surface area contributed by atoms with E-state index in [9.17, 15) is 9.90 Å². The van der Waals surface area contributed by atoms with Gasteiger partial charge < -0.3 is 9.90 Å². The summed E-state index contributed by atoms with van der Waals surface area (Å²) in [5.74, 6) is 0.433. The van der Waals surface area contributed by atoms with Crippen molar-refractivity contribution in [1.29, 1.82) is 0 Å². The number of rotatable bonds is 4. The molecule has 3 heteroatoms. The lowest BCUT2D eigenvalue weighted by atomic mass is 10.1. The number of benzene rings is 1. The molecule has 0 spiro atoms. The highest BCUT2D eigenvalue weighted by Crippen LogP contribution is 2.24. The third-order valence-electron chi connectivity index (χ3n) is 2.03. The summed E-state index contributed by atoms with van der Waals surface area (Å²) in [7, 11) is 0. The number of carbonyl (C=O) groups excluding carboxylic acids is 1. The van der Waals surface area contributed by atoms with E-state index >= 15 is 0 Å². The van der Waals surface area contributed by atoms with Crippen molar-refractivity contribution in [3.8, 4) is 5.75 Å². The quantitative estimate of drug-likeness (QED) is 0.776. The Hall–Kier alpha value is -0.960. The number of thioether (sulfide) groups is 1. The van der Waals surface area contributed by atoms with Crippen molar-refractivity contribution in [2.75, 3.05) is 6.26 Å². The molecule has 1 aromatic carbocycles. The van der Waals surface area contributed by atoms with E-state index in [1.54, 1.807) is 24.8 Å². The first-order valence-corrected chi connectivity index (χ1v) is 5.71. The fourth-order valence-electron chi connectivity index (χ4n) is 1.20. The molecule has 0 aromatic heterocycles. The van der Waals surface area contributed by atoms with Gasteiger partial charge in [-0.3, -0.25) is 0 Å². The van der Waals surface area contributed by atoms with Crippen LogP contribution in [0.2, 0.25) is 0 Å². The number of Topliss-reactive ketones (excluding diaryl/α,β-unsaturated/α-hetero) is 1. The number of phenolic OH excluding ortho intramolecular Hbond substituents is 1. The lowest BCUT2D eigenvalue weighted by Crippen LogP contribution is -1.94. The minimum absolute atomic E-state index is 0.152. The second-order valence-corrected chi connectivity index (χ2v) is 4.08. The van der Waals surface area contributed by atoms with Crippen molar-refractivity contribution in [3.05, 3.63) is 23.8 Å². The fourth-order valence-corrected chi connectivity index (χ4v) is 1.66. The number of hydrogen-bond acceptors (Lipinski definition) is 3. The van der Waals surface area contributed by atoms with Crippen LogP contribution in [0.25, 0.3) is 0 Å². The number of ketones is 1. The summed E-state index contributed by atoms with van der Waals surface area (Å²) >= 11 is 1.63. The van der Waals surface area contributed by atoms with Crippen LogP contribution in [-0.4, -0.2) is 17.1 Å². The van der Waals surface area contributed by atoms with Gasteiger partial charge in [0.05, 0.1) is 0 Å². The average molecular weight is 210 g/mol. The number of phenols is 1. The van der Waals surface area contributed by atoms with Crippen LogP contribution < -0.4 is 0 Å². The Morgan fingerprint density at radius 2 is 2.21 bits per heavy atom. The largest absolute Gasteiger partial charge is 0.508 e. The molecule has 0 aliphatic heterocycles. The Morgan fingerprint density at radius 3 is 2.79 bits per heavy atom. The van der Waals surface area contributed by atoms with E-state index in [0.29, 0.717) is 12.8 Å². The molecule has 0 heterocycles. The van der Waals surface area contributed by atoms with Gasteiger partial charge >= 0.3 is 0 Å². The van der Waals surface area contributed by atoms with Gasteiger partial charge in [0.1, 0.15) is 11.5 Å². The van der Waals surface area contributed by atoms with Gasteiger partial charge in [-0.15, -0.1) is 11.8 Å². The summed E-state index contributed by atoms with van der Waals surface area (Å²) in [6.07, 6.45) is 3.10. The minimum atomic E-state index is 0.152. The Balaban J connectivity index is 2.78. The van der Waals surface area contributed by atoms with Crippen LogP contribution >= 0.6 is 11.8 Å². The molecule has 0 fully saturated rings. The zero-order valence-electron chi connectivity index (χ0n) is 8.41. The SMILES string of the molecule is CSc1ccc(O)c(CCC(C)=O)c1. The van der Waals surface area contributed by atoms with Crippen molar-refractivity contribution in [1.82, 2.24) is 0 Å². The summed E-state index contributed by atoms with van der Waals surface area (Å²) in [6.45, 7) is 1.56. The molecule has 0 aliphatic rings. The molecule has 14 heavy (non-hydrogen) atoms. The molecule has 1 N–H and O–H groups in total. The third kappa shape index (κ3) is 3.07. The Kier molecular flexibility index (Phi) is 4.01. The summed E-state index contributed by atoms with van der Waals surface area (Å²) in [5.41, 5.74) is 0.854. The molecule has 0 aliphatic carbocycles. The van der Waals surface area contributed by atoms with Gasteiger partial charge in [0.15, 0.2) is 0 Å². The van der Waals surface area contributed by atoms with E-state index < -0.39 is 0 Å². The lowest BCUT2D eigenvalue weighted by molar-refractivity contribution is -0.116. The summed E-state index contributed by atoms with van der Waals surface area (Å²) < 4.78 is 0. The molecule has 0 unspecified atom stereocenters. The zero-order chi connectivity index (χ0) is 10.6. The van der Waals surface area contributed by atoms with Crippen LogP contribution in [0.4, 0.5) is 0 Å². The average Bonchev–Trinajstić information content (AvgIpc) is 2.16. The second-order valence-electron chi connectivity index (χ2n) is 3.20. The predicted molar refractivity (Wildman–Crippen MR) is 58.9 cm³/mol. The van der Waals surface area contributed by atoms with Crippen LogP contribution in [0.15, 0.2) is 23.1 Å². The highest BCUT2D eigenvalue weighted by molar-refractivity contribution is 7.98. The molecular weight excluding hydrogens is 196 g/mol. The van der Waals surface area contributed by atoms with Crippen molar-refractivity contribution in [2.45, 2.75) is 24.7 Å². The molecular formula is C11H14O2S. The zero-order valence-corrected chi connectivity index (χ0v) is 9.23. The molecule has 0 amide bonds.